The highest BCUT2D eigenvalue weighted by atomic mass is 16.6. The van der Waals surface area contributed by atoms with Crippen LogP contribution in [0.5, 0.6) is 0 Å². The molecule has 0 spiro atoms. The van der Waals surface area contributed by atoms with E-state index in [0.29, 0.717) is 10.9 Å². The topological polar surface area (TPSA) is 76.0 Å². The summed E-state index contributed by atoms with van der Waals surface area (Å²) in [5.74, 6) is 0. The first-order chi connectivity index (χ1) is 7.11. The van der Waals surface area contributed by atoms with E-state index in [2.05, 4.69) is 4.98 Å². The zero-order valence-corrected chi connectivity index (χ0v) is 7.98. The van der Waals surface area contributed by atoms with Crippen molar-refractivity contribution in [3.05, 3.63) is 50.3 Å². The van der Waals surface area contributed by atoms with Crippen molar-refractivity contribution < 1.29 is 4.92 Å². The Morgan fingerprint density at radius 2 is 2.13 bits per heavy atom. The number of rotatable bonds is 1. The lowest BCUT2D eigenvalue weighted by atomic mass is 10.1. The Bertz CT molecular complexity index is 601. The third-order valence-electron chi connectivity index (χ3n) is 2.30. The normalized spacial score (nSPS) is 10.5. The van der Waals surface area contributed by atoms with E-state index in [1.807, 2.05) is 13.0 Å². The maximum atomic E-state index is 11.7. The van der Waals surface area contributed by atoms with Crippen molar-refractivity contribution in [2.24, 2.45) is 0 Å². The zero-order chi connectivity index (χ0) is 11.0. The van der Waals surface area contributed by atoms with Gasteiger partial charge in [-0.1, -0.05) is 12.1 Å². The van der Waals surface area contributed by atoms with E-state index in [0.717, 1.165) is 11.8 Å². The second-order valence-electron chi connectivity index (χ2n) is 3.26. The van der Waals surface area contributed by atoms with Gasteiger partial charge in [0.1, 0.15) is 0 Å². The summed E-state index contributed by atoms with van der Waals surface area (Å²) < 4.78 is 0. The highest BCUT2D eigenvalue weighted by Gasteiger charge is 2.14. The van der Waals surface area contributed by atoms with Gasteiger partial charge in [0.15, 0.2) is 0 Å². The minimum absolute atomic E-state index is 0.351. The van der Waals surface area contributed by atoms with Crippen molar-refractivity contribution in [3.63, 3.8) is 0 Å². The number of benzene rings is 1. The van der Waals surface area contributed by atoms with Gasteiger partial charge in [-0.2, -0.15) is 0 Å². The number of aromatic amines is 1. The van der Waals surface area contributed by atoms with Gasteiger partial charge in [-0.3, -0.25) is 14.9 Å². The summed E-state index contributed by atoms with van der Waals surface area (Å²) in [6.45, 7) is 1.84. The van der Waals surface area contributed by atoms with Crippen LogP contribution >= 0.6 is 0 Å². The summed E-state index contributed by atoms with van der Waals surface area (Å²) in [7, 11) is 0. The lowest BCUT2D eigenvalue weighted by Crippen LogP contribution is -2.09. The summed E-state index contributed by atoms with van der Waals surface area (Å²) in [4.78, 5) is 24.3. The van der Waals surface area contributed by atoms with Gasteiger partial charge in [-0.05, 0) is 18.6 Å². The van der Waals surface area contributed by atoms with E-state index >= 15 is 0 Å². The fraction of sp³-hybridized carbons (Fsp3) is 0.100. The molecule has 0 atom stereocenters. The van der Waals surface area contributed by atoms with E-state index in [-0.39, 0.29) is 0 Å². The van der Waals surface area contributed by atoms with E-state index < -0.39 is 16.0 Å². The molecule has 0 aliphatic rings. The number of hydrogen-bond donors (Lipinski definition) is 1. The van der Waals surface area contributed by atoms with Gasteiger partial charge in [0, 0.05) is 0 Å². The highest BCUT2D eigenvalue weighted by Crippen LogP contribution is 2.14. The summed E-state index contributed by atoms with van der Waals surface area (Å²) in [6, 6.07) is 5.12. The Kier molecular flexibility index (Phi) is 2.00. The summed E-state index contributed by atoms with van der Waals surface area (Å²) >= 11 is 0. The molecule has 0 aliphatic carbocycles. The average Bonchev–Trinajstić information content (AvgIpc) is 2.19. The molecule has 0 unspecified atom stereocenters. The van der Waals surface area contributed by atoms with E-state index in [1.54, 1.807) is 12.1 Å². The molecular weight excluding hydrogens is 196 g/mol. The fourth-order valence-electron chi connectivity index (χ4n) is 1.53. The monoisotopic (exact) mass is 204 g/mol. The lowest BCUT2D eigenvalue weighted by Gasteiger charge is -2.00. The third-order valence-corrected chi connectivity index (χ3v) is 2.30. The largest absolute Gasteiger partial charge is 0.355 e. The number of para-hydroxylation sites is 1. The fourth-order valence-corrected chi connectivity index (χ4v) is 1.53. The van der Waals surface area contributed by atoms with E-state index in [9.17, 15) is 14.9 Å². The summed E-state index contributed by atoms with van der Waals surface area (Å²) in [5, 5.41) is 10.9. The van der Waals surface area contributed by atoms with Crippen LogP contribution in [0.3, 0.4) is 0 Å². The quantitative estimate of drug-likeness (QED) is 0.567. The number of nitro groups is 1. The predicted octanol–water partition coefficient (Wildman–Crippen LogP) is 1.74. The van der Waals surface area contributed by atoms with E-state index in [4.69, 9.17) is 0 Å². The number of nitrogens with one attached hydrogen (secondary N) is 1. The third kappa shape index (κ3) is 1.38. The van der Waals surface area contributed by atoms with Crippen molar-refractivity contribution >= 4 is 16.6 Å². The number of pyridine rings is 1. The Morgan fingerprint density at radius 1 is 1.40 bits per heavy atom. The van der Waals surface area contributed by atoms with Gasteiger partial charge < -0.3 is 4.98 Å². The van der Waals surface area contributed by atoms with Gasteiger partial charge in [-0.15, -0.1) is 0 Å². The van der Waals surface area contributed by atoms with Crippen LogP contribution in [0, 0.1) is 17.0 Å². The number of fused-ring (bicyclic) bond motifs is 1. The van der Waals surface area contributed by atoms with Crippen molar-refractivity contribution in [2.75, 3.05) is 0 Å². The van der Waals surface area contributed by atoms with Crippen LogP contribution in [-0.2, 0) is 0 Å². The Balaban J connectivity index is 2.92. The number of aryl methyl sites for hydroxylation is 1. The van der Waals surface area contributed by atoms with Gasteiger partial charge in [0.2, 0.25) is 0 Å². The molecule has 2 aromatic rings. The summed E-state index contributed by atoms with van der Waals surface area (Å²) in [6.07, 6.45) is 1.14. The first-order valence-electron chi connectivity index (χ1n) is 4.36. The number of nitrogens with zero attached hydrogens (tertiary/aromatic N) is 1. The molecule has 0 radical (unpaired) electrons. The predicted molar refractivity (Wildman–Crippen MR) is 56.0 cm³/mol. The maximum Gasteiger partial charge on any atom is 0.332 e. The van der Waals surface area contributed by atoms with Crippen LogP contribution in [0.1, 0.15) is 5.56 Å². The Labute approximate surface area is 84.5 Å². The average molecular weight is 204 g/mol. The first kappa shape index (κ1) is 9.39. The molecular formula is C10H8N2O3. The van der Waals surface area contributed by atoms with E-state index in [1.165, 1.54) is 0 Å². The van der Waals surface area contributed by atoms with Crippen molar-refractivity contribution in [1.82, 2.24) is 4.98 Å². The first-order valence-corrected chi connectivity index (χ1v) is 4.36. The summed E-state index contributed by atoms with van der Waals surface area (Å²) in [5.41, 5.74) is 0.568. The molecule has 2 rings (SSSR count). The molecule has 0 amide bonds. The zero-order valence-electron chi connectivity index (χ0n) is 7.98. The standard InChI is InChI=1S/C10H8N2O3/c1-6-3-2-4-7-9(6)11-5-8(10(7)13)12(14)15/h2-5H,1H3,(H,11,13). The van der Waals surface area contributed by atoms with Crippen LogP contribution in [0.15, 0.2) is 29.2 Å². The van der Waals surface area contributed by atoms with Crippen LogP contribution in [0.2, 0.25) is 0 Å². The second kappa shape index (κ2) is 3.20. The van der Waals surface area contributed by atoms with Gasteiger partial charge in [0.25, 0.3) is 5.43 Å². The molecule has 15 heavy (non-hydrogen) atoms. The minimum Gasteiger partial charge on any atom is -0.355 e. The van der Waals surface area contributed by atoms with Crippen molar-refractivity contribution in [2.45, 2.75) is 6.92 Å². The molecule has 0 fully saturated rings. The van der Waals surface area contributed by atoms with Crippen molar-refractivity contribution in [1.29, 1.82) is 0 Å². The highest BCUT2D eigenvalue weighted by molar-refractivity contribution is 5.82. The molecule has 1 aromatic heterocycles. The van der Waals surface area contributed by atoms with Gasteiger partial charge in [-0.25, -0.2) is 0 Å². The molecule has 0 bridgehead atoms. The molecule has 0 aliphatic heterocycles. The maximum absolute atomic E-state index is 11.7. The number of H-pyrrole nitrogens is 1. The van der Waals surface area contributed by atoms with Crippen LogP contribution in [0.4, 0.5) is 5.69 Å². The number of aromatic nitrogens is 1. The molecule has 0 saturated heterocycles. The second-order valence-corrected chi connectivity index (χ2v) is 3.26. The number of hydrogen-bond acceptors (Lipinski definition) is 3. The van der Waals surface area contributed by atoms with Crippen LogP contribution in [-0.4, -0.2) is 9.91 Å². The SMILES string of the molecule is Cc1cccc2c(=O)c([N+](=O)[O-])c[nH]c12. The minimum atomic E-state index is -0.680. The van der Waals surface area contributed by atoms with Crippen LogP contribution in [0.25, 0.3) is 10.9 Å². The Morgan fingerprint density at radius 3 is 2.80 bits per heavy atom. The molecule has 1 heterocycles. The van der Waals surface area contributed by atoms with Gasteiger partial charge in [0.05, 0.1) is 22.0 Å². The Hall–Kier alpha value is -2.17. The van der Waals surface area contributed by atoms with Gasteiger partial charge >= 0.3 is 5.69 Å². The molecule has 76 valence electrons. The van der Waals surface area contributed by atoms with Crippen LogP contribution < -0.4 is 5.43 Å². The molecule has 5 nitrogen and oxygen atoms in total. The smallest absolute Gasteiger partial charge is 0.332 e. The molecule has 0 saturated carbocycles. The lowest BCUT2D eigenvalue weighted by molar-refractivity contribution is -0.386. The molecule has 1 N–H and O–H groups in total. The van der Waals surface area contributed by atoms with Crippen molar-refractivity contribution in [3.8, 4) is 0 Å². The molecule has 5 heteroatoms. The molecule has 1 aromatic carbocycles.